The molecule has 0 spiro atoms. The summed E-state index contributed by atoms with van der Waals surface area (Å²) in [6, 6.07) is 15.8. The molecule has 0 unspecified atom stereocenters. The number of hydrogen-bond donors (Lipinski definition) is 1. The average molecular weight is 522 g/mol. The van der Waals surface area contributed by atoms with Crippen LogP contribution in [0.4, 0.5) is 19.0 Å². The SMILES string of the molecule is CC(C)(C)CC(=O)N(Cc1ccc(-c2ccc(C(F)(F)F)nc2)cc1)c1nccc2cc(C(=O)O)ccc12. The minimum Gasteiger partial charge on any atom is -0.478 e. The van der Waals surface area contributed by atoms with Gasteiger partial charge in [0.25, 0.3) is 0 Å². The van der Waals surface area contributed by atoms with E-state index >= 15 is 0 Å². The highest BCUT2D eigenvalue weighted by molar-refractivity contribution is 6.04. The molecule has 6 nitrogen and oxygen atoms in total. The number of hydrogen-bond acceptors (Lipinski definition) is 4. The lowest BCUT2D eigenvalue weighted by Crippen LogP contribution is -2.34. The number of carbonyl (C=O) groups is 2. The van der Waals surface area contributed by atoms with Crippen molar-refractivity contribution in [2.45, 2.75) is 39.9 Å². The smallest absolute Gasteiger partial charge is 0.433 e. The molecule has 1 N–H and O–H groups in total. The van der Waals surface area contributed by atoms with Gasteiger partial charge in [0.2, 0.25) is 5.91 Å². The predicted octanol–water partition coefficient (Wildman–Crippen LogP) is 6.98. The van der Waals surface area contributed by atoms with Crippen LogP contribution in [0.2, 0.25) is 0 Å². The van der Waals surface area contributed by atoms with Gasteiger partial charge in [-0.15, -0.1) is 0 Å². The number of alkyl halides is 3. The molecule has 196 valence electrons. The molecule has 0 fully saturated rings. The van der Waals surface area contributed by atoms with Crippen molar-refractivity contribution in [1.82, 2.24) is 9.97 Å². The zero-order chi connectivity index (χ0) is 27.7. The summed E-state index contributed by atoms with van der Waals surface area (Å²) in [6.45, 7) is 6.09. The molecular formula is C29H26F3N3O3. The molecule has 2 heterocycles. The van der Waals surface area contributed by atoms with Crippen LogP contribution in [0.25, 0.3) is 21.9 Å². The highest BCUT2D eigenvalue weighted by Gasteiger charge is 2.32. The first-order valence-electron chi connectivity index (χ1n) is 11.9. The molecule has 38 heavy (non-hydrogen) atoms. The number of carboxylic acid groups (broad SMARTS) is 1. The molecule has 4 rings (SSSR count). The molecule has 0 atom stereocenters. The van der Waals surface area contributed by atoms with Gasteiger partial charge in [-0.2, -0.15) is 13.2 Å². The molecule has 0 aliphatic rings. The van der Waals surface area contributed by atoms with Crippen molar-refractivity contribution in [2.75, 3.05) is 4.90 Å². The average Bonchev–Trinajstić information content (AvgIpc) is 2.85. The minimum atomic E-state index is -4.50. The number of nitrogens with zero attached hydrogens (tertiary/aromatic N) is 3. The molecular weight excluding hydrogens is 495 g/mol. The fourth-order valence-electron chi connectivity index (χ4n) is 4.06. The van der Waals surface area contributed by atoms with E-state index < -0.39 is 17.8 Å². The fourth-order valence-corrected chi connectivity index (χ4v) is 4.06. The second kappa shape index (κ2) is 10.2. The van der Waals surface area contributed by atoms with Gasteiger partial charge in [0, 0.05) is 29.8 Å². The maximum Gasteiger partial charge on any atom is 0.433 e. The van der Waals surface area contributed by atoms with Gasteiger partial charge in [-0.25, -0.2) is 9.78 Å². The van der Waals surface area contributed by atoms with Crippen LogP contribution in [-0.4, -0.2) is 27.0 Å². The summed E-state index contributed by atoms with van der Waals surface area (Å²) in [5, 5.41) is 10.6. The first-order valence-corrected chi connectivity index (χ1v) is 11.9. The van der Waals surface area contributed by atoms with Gasteiger partial charge < -0.3 is 5.11 Å². The number of benzene rings is 2. The van der Waals surface area contributed by atoms with E-state index in [0.29, 0.717) is 27.7 Å². The van der Waals surface area contributed by atoms with Crippen LogP contribution in [0, 0.1) is 5.41 Å². The van der Waals surface area contributed by atoms with Crippen molar-refractivity contribution in [3.05, 3.63) is 89.9 Å². The second-order valence-electron chi connectivity index (χ2n) is 10.2. The van der Waals surface area contributed by atoms with Crippen molar-refractivity contribution < 1.29 is 27.9 Å². The third kappa shape index (κ3) is 6.16. The standard InChI is InChI=1S/C29H26F3N3O3/c1-28(2,3)15-25(36)35(26-23-10-8-21(27(37)38)14-20(23)12-13-33-26)17-18-4-6-19(7-5-18)22-9-11-24(34-16-22)29(30,31)32/h4-14,16H,15,17H2,1-3H3,(H,37,38). The number of aromatic nitrogens is 2. The Hall–Kier alpha value is -4.27. The van der Waals surface area contributed by atoms with Crippen molar-refractivity contribution in [3.8, 4) is 11.1 Å². The molecule has 0 saturated heterocycles. The molecule has 2 aromatic carbocycles. The van der Waals surface area contributed by atoms with E-state index in [-0.39, 0.29) is 29.9 Å². The number of carboxylic acids is 1. The number of carbonyl (C=O) groups excluding carboxylic acids is 1. The Labute approximate surface area is 217 Å². The predicted molar refractivity (Wildman–Crippen MR) is 139 cm³/mol. The minimum absolute atomic E-state index is 0.135. The van der Waals surface area contributed by atoms with E-state index in [4.69, 9.17) is 0 Å². The molecule has 0 aliphatic carbocycles. The van der Waals surface area contributed by atoms with Crippen LogP contribution in [0.5, 0.6) is 0 Å². The number of fused-ring (bicyclic) bond motifs is 1. The van der Waals surface area contributed by atoms with Gasteiger partial charge in [0.15, 0.2) is 0 Å². The van der Waals surface area contributed by atoms with Crippen molar-refractivity contribution in [3.63, 3.8) is 0 Å². The van der Waals surface area contributed by atoms with E-state index in [1.54, 1.807) is 53.6 Å². The zero-order valence-electron chi connectivity index (χ0n) is 21.1. The molecule has 0 radical (unpaired) electrons. The Bertz CT molecular complexity index is 1480. The lowest BCUT2D eigenvalue weighted by molar-refractivity contribution is -0.141. The van der Waals surface area contributed by atoms with Gasteiger partial charge in [0.1, 0.15) is 11.5 Å². The molecule has 2 aromatic heterocycles. The van der Waals surface area contributed by atoms with E-state index in [1.807, 2.05) is 20.8 Å². The fraction of sp³-hybridized carbons (Fsp3) is 0.241. The number of anilines is 1. The largest absolute Gasteiger partial charge is 0.478 e. The monoisotopic (exact) mass is 521 g/mol. The third-order valence-corrected chi connectivity index (χ3v) is 5.91. The first kappa shape index (κ1) is 26.8. The van der Waals surface area contributed by atoms with Gasteiger partial charge >= 0.3 is 12.1 Å². The van der Waals surface area contributed by atoms with Crippen LogP contribution in [0.1, 0.15) is 48.8 Å². The zero-order valence-corrected chi connectivity index (χ0v) is 21.1. The Morgan fingerprint density at radius 2 is 1.58 bits per heavy atom. The Morgan fingerprint density at radius 3 is 2.16 bits per heavy atom. The molecule has 0 saturated carbocycles. The van der Waals surface area contributed by atoms with Crippen LogP contribution >= 0.6 is 0 Å². The quantitative estimate of drug-likeness (QED) is 0.296. The van der Waals surface area contributed by atoms with E-state index in [9.17, 15) is 27.9 Å². The van der Waals surface area contributed by atoms with E-state index in [1.165, 1.54) is 18.3 Å². The topological polar surface area (TPSA) is 83.4 Å². The molecule has 0 aliphatic heterocycles. The number of halogens is 3. The number of amides is 1. The van der Waals surface area contributed by atoms with Gasteiger partial charge in [-0.05, 0) is 52.3 Å². The van der Waals surface area contributed by atoms with Gasteiger partial charge in [-0.3, -0.25) is 14.7 Å². The van der Waals surface area contributed by atoms with E-state index in [0.717, 1.165) is 11.6 Å². The Morgan fingerprint density at radius 1 is 0.895 bits per heavy atom. The summed E-state index contributed by atoms with van der Waals surface area (Å²) in [5.41, 5.74) is 0.911. The van der Waals surface area contributed by atoms with Crippen LogP contribution in [0.15, 0.2) is 73.1 Å². The summed E-state index contributed by atoms with van der Waals surface area (Å²) >= 11 is 0. The maximum atomic E-state index is 13.5. The molecule has 1 amide bonds. The summed E-state index contributed by atoms with van der Waals surface area (Å²) in [5.74, 6) is -0.769. The first-order chi connectivity index (χ1) is 17.8. The van der Waals surface area contributed by atoms with Crippen LogP contribution in [-0.2, 0) is 17.5 Å². The maximum absolute atomic E-state index is 13.5. The normalized spacial score (nSPS) is 11.9. The summed E-state index contributed by atoms with van der Waals surface area (Å²) in [6.07, 6.45) is -1.52. The second-order valence-corrected chi connectivity index (χ2v) is 10.2. The lowest BCUT2D eigenvalue weighted by atomic mass is 9.91. The van der Waals surface area contributed by atoms with Crippen LogP contribution in [0.3, 0.4) is 0 Å². The van der Waals surface area contributed by atoms with Crippen molar-refractivity contribution >= 4 is 28.5 Å². The van der Waals surface area contributed by atoms with E-state index in [2.05, 4.69) is 9.97 Å². The highest BCUT2D eigenvalue weighted by atomic mass is 19.4. The Balaban J connectivity index is 1.67. The molecule has 4 aromatic rings. The number of rotatable bonds is 6. The number of pyridine rings is 2. The van der Waals surface area contributed by atoms with Crippen molar-refractivity contribution in [2.24, 2.45) is 5.41 Å². The molecule has 0 bridgehead atoms. The van der Waals surface area contributed by atoms with Crippen molar-refractivity contribution in [1.29, 1.82) is 0 Å². The third-order valence-electron chi connectivity index (χ3n) is 5.91. The van der Waals surface area contributed by atoms with Gasteiger partial charge in [0.05, 0.1) is 12.1 Å². The number of aromatic carboxylic acids is 1. The summed E-state index contributed by atoms with van der Waals surface area (Å²) < 4.78 is 38.5. The summed E-state index contributed by atoms with van der Waals surface area (Å²) in [7, 11) is 0. The highest BCUT2D eigenvalue weighted by Crippen LogP contribution is 2.31. The summed E-state index contributed by atoms with van der Waals surface area (Å²) in [4.78, 5) is 34.5. The van der Waals surface area contributed by atoms with Gasteiger partial charge in [-0.1, -0.05) is 51.1 Å². The van der Waals surface area contributed by atoms with Crippen LogP contribution < -0.4 is 4.90 Å². The Kier molecular flexibility index (Phi) is 7.22. The molecule has 9 heteroatoms. The lowest BCUT2D eigenvalue weighted by Gasteiger charge is -2.27.